The molecule has 2 heterocycles. The lowest BCUT2D eigenvalue weighted by atomic mass is 9.97. The summed E-state index contributed by atoms with van der Waals surface area (Å²) in [5.41, 5.74) is 0. The number of benzene rings is 1. The molecule has 3 rings (SSSR count). The van der Waals surface area contributed by atoms with Crippen molar-refractivity contribution < 1.29 is 52.7 Å². The van der Waals surface area contributed by atoms with Crippen LogP contribution in [-0.4, -0.2) is 95.4 Å². The minimum atomic E-state index is -4.45. The second-order valence-electron chi connectivity index (χ2n) is 9.11. The number of nitrogens with one attached hydrogen (secondary N) is 1. The van der Waals surface area contributed by atoms with E-state index in [1.165, 1.54) is 30.8 Å². The highest BCUT2D eigenvalue weighted by molar-refractivity contribution is 7.51. The van der Waals surface area contributed by atoms with Crippen LogP contribution in [0.3, 0.4) is 0 Å². The Morgan fingerprint density at radius 1 is 1.21 bits per heavy atom. The van der Waals surface area contributed by atoms with Crippen LogP contribution >= 0.6 is 7.75 Å². The fourth-order valence-electron chi connectivity index (χ4n) is 4.36. The van der Waals surface area contributed by atoms with Crippen LogP contribution in [0.5, 0.6) is 11.5 Å². The van der Waals surface area contributed by atoms with E-state index in [1.54, 1.807) is 12.1 Å². The van der Waals surface area contributed by atoms with Gasteiger partial charge in [-0.1, -0.05) is 13.3 Å². The average Bonchev–Trinajstić information content (AvgIpc) is 3.40. The molecule has 1 aromatic rings. The van der Waals surface area contributed by atoms with Crippen LogP contribution in [0.25, 0.3) is 0 Å². The van der Waals surface area contributed by atoms with E-state index in [-0.39, 0.29) is 18.9 Å². The van der Waals surface area contributed by atoms with Crippen LogP contribution in [-0.2, 0) is 28.2 Å². The molecule has 7 atom stereocenters. The van der Waals surface area contributed by atoms with Crippen molar-refractivity contribution in [2.75, 3.05) is 26.9 Å². The van der Waals surface area contributed by atoms with Gasteiger partial charge < -0.3 is 39.4 Å². The summed E-state index contributed by atoms with van der Waals surface area (Å²) >= 11 is 0. The maximum atomic E-state index is 14.5. The predicted octanol–water partition coefficient (Wildman–Crippen LogP) is 0.950. The fourth-order valence-corrected chi connectivity index (χ4v) is 6.52. The minimum absolute atomic E-state index is 0.129. The summed E-state index contributed by atoms with van der Waals surface area (Å²) in [6.07, 6.45) is -3.82. The molecule has 14 heteroatoms. The van der Waals surface area contributed by atoms with Crippen molar-refractivity contribution >= 4 is 19.6 Å². The third-order valence-corrected chi connectivity index (χ3v) is 8.39. The smallest absolute Gasteiger partial charge is 0.462 e. The summed E-state index contributed by atoms with van der Waals surface area (Å²) in [7, 11) is -2.96. The molecule has 0 radical (unpaired) electrons. The number of nitrogens with zero attached hydrogens (tertiary/aromatic N) is 1. The number of hydrogen-bond donors (Lipinski definition) is 4. The molecule has 0 saturated carbocycles. The van der Waals surface area contributed by atoms with Crippen molar-refractivity contribution in [1.29, 1.82) is 0 Å². The first-order valence-electron chi connectivity index (χ1n) is 12.6. The summed E-state index contributed by atoms with van der Waals surface area (Å²) in [4.78, 5) is 24.5. The van der Waals surface area contributed by atoms with Crippen molar-refractivity contribution in [3.63, 3.8) is 0 Å². The van der Waals surface area contributed by atoms with Gasteiger partial charge in [0.25, 0.3) is 0 Å². The highest BCUT2D eigenvalue weighted by atomic mass is 31.2. The van der Waals surface area contributed by atoms with Crippen molar-refractivity contribution in [1.82, 2.24) is 9.99 Å². The molecule has 0 spiro atoms. The Kier molecular flexibility index (Phi) is 10.9. The number of carbonyl (C=O) groups excluding carboxylic acids is 2. The molecule has 0 aliphatic carbocycles. The highest BCUT2D eigenvalue weighted by Crippen LogP contribution is 2.57. The average molecular weight is 561 g/mol. The van der Waals surface area contributed by atoms with Crippen LogP contribution in [0.15, 0.2) is 24.3 Å². The van der Waals surface area contributed by atoms with Gasteiger partial charge in [-0.25, -0.2) is 4.57 Å². The lowest BCUT2D eigenvalue weighted by Crippen LogP contribution is -2.64. The van der Waals surface area contributed by atoms with Gasteiger partial charge in [-0.05, 0) is 43.5 Å². The SMILES string of the molecule is CCCCOC(=O)[C@@H]1CCCN1P(=O)(Oc1ccc(OC)cc1)O[C@H]1[C@H](O)[C@@H](NC(C)=O)C(O)O[C@@H]1CO. The van der Waals surface area contributed by atoms with Crippen molar-refractivity contribution in [2.45, 2.75) is 76.2 Å². The maximum absolute atomic E-state index is 14.5. The third kappa shape index (κ3) is 7.23. The zero-order chi connectivity index (χ0) is 27.9. The van der Waals surface area contributed by atoms with E-state index in [4.69, 9.17) is 23.3 Å². The minimum Gasteiger partial charge on any atom is -0.497 e. The number of ether oxygens (including phenoxy) is 3. The Balaban J connectivity index is 1.95. The van der Waals surface area contributed by atoms with E-state index < -0.39 is 62.9 Å². The molecule has 2 unspecified atom stereocenters. The Hall–Kier alpha value is -2.25. The Bertz CT molecular complexity index is 979. The lowest BCUT2D eigenvalue weighted by Gasteiger charge is -2.43. The maximum Gasteiger partial charge on any atom is 0.462 e. The van der Waals surface area contributed by atoms with Crippen LogP contribution in [0.2, 0.25) is 0 Å². The number of rotatable bonds is 12. The summed E-state index contributed by atoms with van der Waals surface area (Å²) in [5.74, 6) is -0.492. The quantitative estimate of drug-likeness (QED) is 0.162. The molecule has 0 aromatic heterocycles. The van der Waals surface area contributed by atoms with E-state index in [0.717, 1.165) is 6.42 Å². The van der Waals surface area contributed by atoms with Crippen molar-refractivity contribution in [2.24, 2.45) is 0 Å². The Labute approximate surface area is 221 Å². The van der Waals surface area contributed by atoms with Gasteiger partial charge in [-0.2, -0.15) is 4.67 Å². The Morgan fingerprint density at radius 3 is 2.50 bits per heavy atom. The first kappa shape index (κ1) is 30.3. The van der Waals surface area contributed by atoms with Crippen molar-refractivity contribution in [3.05, 3.63) is 24.3 Å². The predicted molar refractivity (Wildman–Crippen MR) is 133 cm³/mol. The van der Waals surface area contributed by atoms with Crippen LogP contribution in [0.4, 0.5) is 0 Å². The van der Waals surface area contributed by atoms with Crippen LogP contribution in [0.1, 0.15) is 39.5 Å². The second kappa shape index (κ2) is 13.7. The number of methoxy groups -OCH3 is 1. The number of carbonyl (C=O) groups is 2. The standard InChI is InChI=1S/C24H37N2O11P/c1-4-5-13-34-23(30)18-7-6-12-26(18)38(32,36-17-10-8-16(33-3)9-11-17)37-22-19(14-27)35-24(31)20(21(22)29)25-15(2)28/h8-11,18-22,24,27,29,31H,4-7,12-14H2,1-3H3,(H,25,28)/t18-,19+,20+,21+,22+,24?,38?/m0/s1. The third-order valence-electron chi connectivity index (χ3n) is 6.33. The van der Waals surface area contributed by atoms with E-state index in [9.17, 15) is 29.5 Å². The largest absolute Gasteiger partial charge is 0.497 e. The number of unbranched alkanes of at least 4 members (excludes halogenated alkanes) is 1. The molecule has 13 nitrogen and oxygen atoms in total. The molecule has 0 bridgehead atoms. The number of aliphatic hydroxyl groups is 3. The van der Waals surface area contributed by atoms with E-state index in [0.29, 0.717) is 25.0 Å². The molecule has 2 aliphatic rings. The van der Waals surface area contributed by atoms with Gasteiger partial charge in [0, 0.05) is 13.5 Å². The Morgan fingerprint density at radius 2 is 1.89 bits per heavy atom. The molecule has 2 aliphatic heterocycles. The molecule has 1 aromatic carbocycles. The zero-order valence-corrected chi connectivity index (χ0v) is 22.6. The second-order valence-corrected chi connectivity index (χ2v) is 11.0. The molecular formula is C24H37N2O11P. The molecular weight excluding hydrogens is 523 g/mol. The van der Waals surface area contributed by atoms with Gasteiger partial charge >= 0.3 is 13.7 Å². The summed E-state index contributed by atoms with van der Waals surface area (Å²) in [5, 5.41) is 33.5. The summed E-state index contributed by atoms with van der Waals surface area (Å²) in [6.45, 7) is 2.80. The van der Waals surface area contributed by atoms with Gasteiger partial charge in [0.1, 0.15) is 41.9 Å². The van der Waals surface area contributed by atoms with E-state index >= 15 is 0 Å². The van der Waals surface area contributed by atoms with Gasteiger partial charge in [-0.15, -0.1) is 0 Å². The topological polar surface area (TPSA) is 173 Å². The summed E-state index contributed by atoms with van der Waals surface area (Å²) in [6, 6.07) is 3.88. The first-order chi connectivity index (χ1) is 18.1. The van der Waals surface area contributed by atoms with Crippen LogP contribution < -0.4 is 14.6 Å². The molecule has 2 saturated heterocycles. The number of esters is 1. The van der Waals surface area contributed by atoms with E-state index in [2.05, 4.69) is 5.32 Å². The first-order valence-corrected chi connectivity index (χ1v) is 14.1. The number of aliphatic hydroxyl groups excluding tert-OH is 3. The summed E-state index contributed by atoms with van der Waals surface area (Å²) < 4.78 is 43.5. The molecule has 1 amide bonds. The van der Waals surface area contributed by atoms with Crippen molar-refractivity contribution in [3.8, 4) is 11.5 Å². The van der Waals surface area contributed by atoms with E-state index in [1.807, 2.05) is 6.92 Å². The van der Waals surface area contributed by atoms with Gasteiger partial charge in [0.2, 0.25) is 5.91 Å². The van der Waals surface area contributed by atoms with Crippen LogP contribution in [0, 0.1) is 0 Å². The number of hydrogen-bond acceptors (Lipinski definition) is 11. The molecule has 2 fully saturated rings. The molecule has 4 N–H and O–H groups in total. The van der Waals surface area contributed by atoms with Gasteiger partial charge in [0.15, 0.2) is 6.29 Å². The molecule has 214 valence electrons. The molecule has 38 heavy (non-hydrogen) atoms. The zero-order valence-electron chi connectivity index (χ0n) is 21.7. The monoisotopic (exact) mass is 560 g/mol. The van der Waals surface area contributed by atoms with Gasteiger partial charge in [-0.3, -0.25) is 14.1 Å². The fraction of sp³-hybridized carbons (Fsp3) is 0.667. The normalized spacial score (nSPS) is 29.3. The lowest BCUT2D eigenvalue weighted by molar-refractivity contribution is -0.250. The highest BCUT2D eigenvalue weighted by Gasteiger charge is 2.53. The number of amides is 1. The van der Waals surface area contributed by atoms with Gasteiger partial charge in [0.05, 0.1) is 20.3 Å².